The van der Waals surface area contributed by atoms with E-state index in [2.05, 4.69) is 35.1 Å². The van der Waals surface area contributed by atoms with E-state index in [-0.39, 0.29) is 29.3 Å². The van der Waals surface area contributed by atoms with Crippen molar-refractivity contribution in [2.24, 2.45) is 10.8 Å². The van der Waals surface area contributed by atoms with Crippen LogP contribution in [0, 0.1) is 22.5 Å². The highest BCUT2D eigenvalue weighted by Crippen LogP contribution is 2.52. The lowest BCUT2D eigenvalue weighted by Crippen LogP contribution is -2.47. The Morgan fingerprint density at radius 1 is 1.13 bits per heavy atom. The van der Waals surface area contributed by atoms with Crippen molar-refractivity contribution in [1.29, 1.82) is 0 Å². The highest BCUT2D eigenvalue weighted by molar-refractivity contribution is 5.79. The van der Waals surface area contributed by atoms with Crippen LogP contribution in [0.2, 0.25) is 0 Å². The molecule has 2 aliphatic heterocycles. The molecule has 166 valence electrons. The van der Waals surface area contributed by atoms with E-state index in [9.17, 15) is 13.6 Å². The first-order chi connectivity index (χ1) is 14.6. The van der Waals surface area contributed by atoms with Gasteiger partial charge in [0, 0.05) is 49.2 Å². The van der Waals surface area contributed by atoms with Gasteiger partial charge in [0.05, 0.1) is 12.6 Å². The normalized spacial score (nSPS) is 29.8. The number of halogens is 2. The number of hydrogen-bond donors (Lipinski definition) is 0. The van der Waals surface area contributed by atoms with Gasteiger partial charge in [-0.15, -0.1) is 0 Å². The van der Waals surface area contributed by atoms with E-state index in [0.717, 1.165) is 44.1 Å². The van der Waals surface area contributed by atoms with Crippen molar-refractivity contribution in [1.82, 2.24) is 14.4 Å². The van der Waals surface area contributed by atoms with Crippen LogP contribution in [0.5, 0.6) is 0 Å². The zero-order valence-electron chi connectivity index (χ0n) is 18.6. The fourth-order valence-corrected chi connectivity index (χ4v) is 6.70. The van der Waals surface area contributed by atoms with Gasteiger partial charge in [-0.1, -0.05) is 26.8 Å². The van der Waals surface area contributed by atoms with Gasteiger partial charge in [0.1, 0.15) is 11.6 Å². The molecule has 31 heavy (non-hydrogen) atoms. The van der Waals surface area contributed by atoms with Crippen LogP contribution in [0.25, 0.3) is 0 Å². The largest absolute Gasteiger partial charge is 0.348 e. The van der Waals surface area contributed by atoms with Gasteiger partial charge in [-0.25, -0.2) is 8.78 Å². The molecule has 1 aromatic heterocycles. The Balaban J connectivity index is 1.42. The number of amides is 1. The highest BCUT2D eigenvalue weighted by Gasteiger charge is 2.51. The molecule has 6 heteroatoms. The summed E-state index contributed by atoms with van der Waals surface area (Å²) in [4.78, 5) is 17.6. The first kappa shape index (κ1) is 20.7. The maximum atomic E-state index is 14.8. The van der Waals surface area contributed by atoms with Gasteiger partial charge in [0.15, 0.2) is 0 Å². The smallest absolute Gasteiger partial charge is 0.237 e. The third-order valence-electron chi connectivity index (χ3n) is 7.47. The van der Waals surface area contributed by atoms with Crippen molar-refractivity contribution in [2.75, 3.05) is 19.6 Å². The molecule has 1 amide bonds. The molecule has 0 N–H and O–H groups in total. The van der Waals surface area contributed by atoms with Crippen LogP contribution in [0.4, 0.5) is 8.78 Å². The lowest BCUT2D eigenvalue weighted by molar-refractivity contribution is -0.134. The van der Waals surface area contributed by atoms with Crippen LogP contribution in [-0.2, 0) is 11.3 Å². The van der Waals surface area contributed by atoms with Crippen LogP contribution in [-0.4, -0.2) is 46.0 Å². The van der Waals surface area contributed by atoms with Gasteiger partial charge in [0.25, 0.3) is 0 Å². The SMILES string of the molecule is CC1(C)CC2CC(C)(CN2C(=O)CN2CCn3cccc3C2c2ccc(F)cc2F)C1. The number of carbonyl (C=O) groups excluding carboxylic acids is 1. The molecule has 1 aliphatic carbocycles. The number of benzene rings is 1. The molecule has 3 heterocycles. The average Bonchev–Trinajstić information content (AvgIpc) is 3.23. The third kappa shape index (κ3) is 3.69. The molecule has 1 saturated heterocycles. The second-order valence-electron chi connectivity index (χ2n) is 10.9. The molecule has 3 aliphatic rings. The quantitative estimate of drug-likeness (QED) is 0.716. The van der Waals surface area contributed by atoms with Crippen molar-refractivity contribution in [3.63, 3.8) is 0 Å². The lowest BCUT2D eigenvalue weighted by Gasteiger charge is -2.40. The summed E-state index contributed by atoms with van der Waals surface area (Å²) in [6.07, 6.45) is 5.23. The monoisotopic (exact) mass is 427 g/mol. The van der Waals surface area contributed by atoms with Gasteiger partial charge in [0.2, 0.25) is 5.91 Å². The number of nitrogens with zero attached hydrogens (tertiary/aromatic N) is 3. The Hall–Kier alpha value is -2.21. The lowest BCUT2D eigenvalue weighted by atomic mass is 9.65. The molecule has 2 fully saturated rings. The molecule has 0 radical (unpaired) electrons. The predicted molar refractivity (Wildman–Crippen MR) is 115 cm³/mol. The van der Waals surface area contributed by atoms with Crippen molar-refractivity contribution >= 4 is 5.91 Å². The van der Waals surface area contributed by atoms with Gasteiger partial charge >= 0.3 is 0 Å². The summed E-state index contributed by atoms with van der Waals surface area (Å²) in [6, 6.07) is 7.55. The number of likely N-dealkylation sites (tertiary alicyclic amines) is 1. The minimum absolute atomic E-state index is 0.124. The molecule has 1 saturated carbocycles. The van der Waals surface area contributed by atoms with Crippen LogP contribution in [0.15, 0.2) is 36.5 Å². The maximum Gasteiger partial charge on any atom is 0.237 e. The maximum absolute atomic E-state index is 14.8. The van der Waals surface area contributed by atoms with E-state index < -0.39 is 17.7 Å². The highest BCUT2D eigenvalue weighted by atomic mass is 19.1. The van der Waals surface area contributed by atoms with Crippen LogP contribution in [0.3, 0.4) is 0 Å². The summed E-state index contributed by atoms with van der Waals surface area (Å²) in [5, 5.41) is 0. The van der Waals surface area contributed by atoms with Crippen molar-refractivity contribution in [3.05, 3.63) is 59.4 Å². The average molecular weight is 428 g/mol. The van der Waals surface area contributed by atoms with Gasteiger partial charge in [-0.3, -0.25) is 9.69 Å². The molecule has 2 bridgehead atoms. The Bertz CT molecular complexity index is 1020. The Kier molecular flexibility index (Phi) is 4.77. The summed E-state index contributed by atoms with van der Waals surface area (Å²) >= 11 is 0. The van der Waals surface area contributed by atoms with E-state index >= 15 is 0 Å². The third-order valence-corrected chi connectivity index (χ3v) is 7.47. The molecule has 4 nitrogen and oxygen atoms in total. The van der Waals surface area contributed by atoms with E-state index in [1.54, 1.807) is 0 Å². The summed E-state index contributed by atoms with van der Waals surface area (Å²) in [5.74, 6) is -1.03. The van der Waals surface area contributed by atoms with Crippen molar-refractivity contribution in [3.8, 4) is 0 Å². The molecular weight excluding hydrogens is 396 g/mol. The minimum atomic E-state index is -0.588. The molecule has 0 spiro atoms. The fourth-order valence-electron chi connectivity index (χ4n) is 6.70. The molecule has 5 rings (SSSR count). The van der Waals surface area contributed by atoms with E-state index in [4.69, 9.17) is 0 Å². The van der Waals surface area contributed by atoms with Gasteiger partial charge < -0.3 is 9.47 Å². The zero-order chi connectivity index (χ0) is 22.0. The standard InChI is InChI=1S/C25H31F2N3O/c1-24(2)12-18-13-25(3,15-24)16-30(18)22(31)14-29-10-9-28-8-4-5-21(28)23(29)19-7-6-17(26)11-20(19)27/h4-8,11,18,23H,9-10,12-16H2,1-3H3. The second-order valence-corrected chi connectivity index (χ2v) is 10.9. The topological polar surface area (TPSA) is 28.5 Å². The molecule has 3 atom stereocenters. The van der Waals surface area contributed by atoms with E-state index in [1.807, 2.05) is 18.3 Å². The second kappa shape index (κ2) is 7.16. The van der Waals surface area contributed by atoms with Crippen LogP contribution >= 0.6 is 0 Å². The summed E-state index contributed by atoms with van der Waals surface area (Å²) < 4.78 is 30.5. The molecule has 2 aromatic rings. The molecule has 1 aromatic carbocycles. The number of aromatic nitrogens is 1. The Morgan fingerprint density at radius 3 is 2.71 bits per heavy atom. The molecule has 3 unspecified atom stereocenters. The van der Waals surface area contributed by atoms with Crippen molar-refractivity contribution < 1.29 is 13.6 Å². The first-order valence-electron chi connectivity index (χ1n) is 11.3. The number of hydrogen-bond acceptors (Lipinski definition) is 2. The fraction of sp³-hybridized carbons (Fsp3) is 0.560. The summed E-state index contributed by atoms with van der Waals surface area (Å²) in [6.45, 7) is 9.37. The summed E-state index contributed by atoms with van der Waals surface area (Å²) in [7, 11) is 0. The van der Waals surface area contributed by atoms with Gasteiger partial charge in [-0.05, 0) is 48.3 Å². The van der Waals surface area contributed by atoms with E-state index in [1.165, 1.54) is 12.1 Å². The Labute approximate surface area is 182 Å². The van der Waals surface area contributed by atoms with Crippen molar-refractivity contribution in [2.45, 2.75) is 58.7 Å². The van der Waals surface area contributed by atoms with E-state index in [0.29, 0.717) is 12.1 Å². The van der Waals surface area contributed by atoms with Crippen LogP contribution in [0.1, 0.15) is 57.3 Å². The van der Waals surface area contributed by atoms with Crippen LogP contribution < -0.4 is 0 Å². The first-order valence-corrected chi connectivity index (χ1v) is 11.3. The zero-order valence-corrected chi connectivity index (χ0v) is 18.6. The summed E-state index contributed by atoms with van der Waals surface area (Å²) in [5.41, 5.74) is 1.79. The minimum Gasteiger partial charge on any atom is -0.348 e. The number of fused-ring (bicyclic) bond motifs is 3. The number of rotatable bonds is 3. The van der Waals surface area contributed by atoms with Gasteiger partial charge in [-0.2, -0.15) is 0 Å². The molecular formula is C25H31F2N3O. The predicted octanol–water partition coefficient (Wildman–Crippen LogP) is 4.60. The number of carbonyl (C=O) groups is 1. The Morgan fingerprint density at radius 2 is 1.94 bits per heavy atom.